The smallest absolute Gasteiger partial charge is 0.0379 e. The molecule has 106 valence electrons. The fourth-order valence-corrected chi connectivity index (χ4v) is 2.60. The molecule has 0 spiro atoms. The predicted molar refractivity (Wildman–Crippen MR) is 85.0 cm³/mol. The Morgan fingerprint density at radius 3 is 2.05 bits per heavy atom. The minimum absolute atomic E-state index is 0.336. The quantitative estimate of drug-likeness (QED) is 0.893. The number of benzene rings is 1. The number of hydrogen-bond acceptors (Lipinski definition) is 2. The van der Waals surface area contributed by atoms with E-state index < -0.39 is 0 Å². The second kappa shape index (κ2) is 6.67. The van der Waals surface area contributed by atoms with Gasteiger partial charge in [0.15, 0.2) is 0 Å². The Morgan fingerprint density at radius 1 is 1.00 bits per heavy atom. The molecule has 1 heterocycles. The van der Waals surface area contributed by atoms with Gasteiger partial charge in [0.25, 0.3) is 0 Å². The summed E-state index contributed by atoms with van der Waals surface area (Å²) in [5.74, 6) is 0. The minimum Gasteiger partial charge on any atom is -0.313 e. The van der Waals surface area contributed by atoms with Gasteiger partial charge in [-0.25, -0.2) is 0 Å². The van der Waals surface area contributed by atoms with E-state index in [2.05, 4.69) is 67.5 Å². The van der Waals surface area contributed by atoms with E-state index in [9.17, 15) is 0 Å². The third-order valence-electron chi connectivity index (χ3n) is 3.73. The zero-order chi connectivity index (χ0) is 14.5. The van der Waals surface area contributed by atoms with E-state index in [1.807, 2.05) is 7.05 Å². The summed E-state index contributed by atoms with van der Waals surface area (Å²) >= 11 is 0. The third-order valence-corrected chi connectivity index (χ3v) is 3.73. The lowest BCUT2D eigenvalue weighted by Gasteiger charge is -2.18. The van der Waals surface area contributed by atoms with Crippen molar-refractivity contribution in [1.29, 1.82) is 0 Å². The number of aryl methyl sites for hydroxylation is 3. The van der Waals surface area contributed by atoms with Crippen molar-refractivity contribution in [3.63, 3.8) is 0 Å². The van der Waals surface area contributed by atoms with Crippen LogP contribution in [0.4, 0.5) is 0 Å². The van der Waals surface area contributed by atoms with Crippen LogP contribution in [0.15, 0.2) is 36.4 Å². The second-order valence-corrected chi connectivity index (χ2v) is 5.40. The number of hydrogen-bond donors (Lipinski definition) is 1. The van der Waals surface area contributed by atoms with E-state index >= 15 is 0 Å². The Bertz CT molecular complexity index is 538. The van der Waals surface area contributed by atoms with Crippen LogP contribution < -0.4 is 5.32 Å². The topological polar surface area (TPSA) is 24.9 Å². The van der Waals surface area contributed by atoms with E-state index in [4.69, 9.17) is 0 Å². The molecule has 1 N–H and O–H groups in total. The van der Waals surface area contributed by atoms with Crippen molar-refractivity contribution in [1.82, 2.24) is 10.3 Å². The molecule has 2 rings (SSSR count). The molecule has 2 heteroatoms. The van der Waals surface area contributed by atoms with Crippen LogP contribution in [0.3, 0.4) is 0 Å². The van der Waals surface area contributed by atoms with Gasteiger partial charge in [0.05, 0.1) is 0 Å². The van der Waals surface area contributed by atoms with Crippen molar-refractivity contribution >= 4 is 0 Å². The fourth-order valence-electron chi connectivity index (χ4n) is 2.60. The monoisotopic (exact) mass is 268 g/mol. The predicted octanol–water partition coefficient (Wildman–Crippen LogP) is 3.76. The fraction of sp³-hybridized carbons (Fsp3) is 0.389. The molecule has 1 aromatic carbocycles. The zero-order valence-electron chi connectivity index (χ0n) is 12.9. The maximum atomic E-state index is 4.45. The molecule has 0 fully saturated rings. The Labute approximate surface area is 122 Å². The first-order valence-corrected chi connectivity index (χ1v) is 7.32. The number of pyridine rings is 1. The van der Waals surface area contributed by atoms with E-state index in [1.54, 1.807) is 0 Å². The number of rotatable bonds is 5. The lowest BCUT2D eigenvalue weighted by molar-refractivity contribution is 0.590. The summed E-state index contributed by atoms with van der Waals surface area (Å²) in [6.07, 6.45) is 2.10. The highest BCUT2D eigenvalue weighted by Gasteiger charge is 2.11. The van der Waals surface area contributed by atoms with Gasteiger partial charge in [0, 0.05) is 17.4 Å². The highest BCUT2D eigenvalue weighted by molar-refractivity contribution is 5.28. The molecule has 1 atom stereocenters. The Kier molecular flexibility index (Phi) is 4.91. The normalized spacial score (nSPS) is 12.4. The van der Waals surface area contributed by atoms with Crippen molar-refractivity contribution in [2.45, 2.75) is 39.7 Å². The van der Waals surface area contributed by atoms with Crippen LogP contribution in [0, 0.1) is 13.8 Å². The lowest BCUT2D eigenvalue weighted by Crippen LogP contribution is -2.19. The first-order chi connectivity index (χ1) is 9.62. The van der Waals surface area contributed by atoms with Crippen LogP contribution in [0.5, 0.6) is 0 Å². The van der Waals surface area contributed by atoms with Crippen LogP contribution in [-0.2, 0) is 12.8 Å². The molecule has 0 saturated carbocycles. The van der Waals surface area contributed by atoms with Crippen LogP contribution >= 0.6 is 0 Å². The summed E-state index contributed by atoms with van der Waals surface area (Å²) in [5.41, 5.74) is 6.25. The SMILES string of the molecule is CCc1ccc(CC(NC)c2cc(C)nc(C)c2)cc1. The van der Waals surface area contributed by atoms with Gasteiger partial charge >= 0.3 is 0 Å². The first-order valence-electron chi connectivity index (χ1n) is 7.32. The summed E-state index contributed by atoms with van der Waals surface area (Å²) in [6, 6.07) is 13.6. The standard InChI is InChI=1S/C18H24N2/c1-5-15-6-8-16(9-7-15)12-18(19-4)17-10-13(2)20-14(3)11-17/h6-11,18-19H,5,12H2,1-4H3. The van der Waals surface area contributed by atoms with E-state index in [1.165, 1.54) is 16.7 Å². The maximum Gasteiger partial charge on any atom is 0.0379 e. The summed E-state index contributed by atoms with van der Waals surface area (Å²) < 4.78 is 0. The van der Waals surface area contributed by atoms with Gasteiger partial charge in [-0.2, -0.15) is 0 Å². The molecule has 0 bridgehead atoms. The molecule has 0 saturated heterocycles. The van der Waals surface area contributed by atoms with Crippen LogP contribution in [0.1, 0.15) is 41.0 Å². The van der Waals surface area contributed by atoms with Gasteiger partial charge in [0.2, 0.25) is 0 Å². The molecule has 0 aliphatic heterocycles. The van der Waals surface area contributed by atoms with Gasteiger partial charge < -0.3 is 5.32 Å². The van der Waals surface area contributed by atoms with Gasteiger partial charge in [-0.3, -0.25) is 4.98 Å². The van der Waals surface area contributed by atoms with E-state index in [-0.39, 0.29) is 0 Å². The van der Waals surface area contributed by atoms with Crippen molar-refractivity contribution < 1.29 is 0 Å². The largest absolute Gasteiger partial charge is 0.313 e. The van der Waals surface area contributed by atoms with E-state index in [0.717, 1.165) is 24.2 Å². The van der Waals surface area contributed by atoms with Crippen LogP contribution in [0.25, 0.3) is 0 Å². The van der Waals surface area contributed by atoms with Gasteiger partial charge in [-0.15, -0.1) is 0 Å². The average Bonchev–Trinajstić information content (AvgIpc) is 2.44. The molecule has 2 aromatic rings. The highest BCUT2D eigenvalue weighted by Crippen LogP contribution is 2.20. The Balaban J connectivity index is 2.19. The Hall–Kier alpha value is -1.67. The molecule has 1 aromatic heterocycles. The molecule has 1 unspecified atom stereocenters. The third kappa shape index (κ3) is 3.67. The van der Waals surface area contributed by atoms with Crippen LogP contribution in [-0.4, -0.2) is 12.0 Å². The van der Waals surface area contributed by atoms with Crippen molar-refractivity contribution in [3.05, 3.63) is 64.5 Å². The molecule has 0 aliphatic carbocycles. The summed E-state index contributed by atoms with van der Waals surface area (Å²) in [4.78, 5) is 4.45. The number of nitrogens with one attached hydrogen (secondary N) is 1. The molecule has 20 heavy (non-hydrogen) atoms. The second-order valence-electron chi connectivity index (χ2n) is 5.40. The Morgan fingerprint density at radius 2 is 1.55 bits per heavy atom. The molecule has 0 radical (unpaired) electrons. The molecular weight excluding hydrogens is 244 g/mol. The lowest BCUT2D eigenvalue weighted by atomic mass is 9.97. The zero-order valence-corrected chi connectivity index (χ0v) is 12.9. The number of nitrogens with zero attached hydrogens (tertiary/aromatic N) is 1. The summed E-state index contributed by atoms with van der Waals surface area (Å²) in [5, 5.41) is 3.42. The van der Waals surface area contributed by atoms with Crippen molar-refractivity contribution in [3.8, 4) is 0 Å². The molecule has 0 amide bonds. The van der Waals surface area contributed by atoms with Crippen LogP contribution in [0.2, 0.25) is 0 Å². The first kappa shape index (κ1) is 14.7. The highest BCUT2D eigenvalue weighted by atomic mass is 14.9. The van der Waals surface area contributed by atoms with Crippen molar-refractivity contribution in [2.24, 2.45) is 0 Å². The van der Waals surface area contributed by atoms with Crippen molar-refractivity contribution in [2.75, 3.05) is 7.05 Å². The average molecular weight is 268 g/mol. The number of likely N-dealkylation sites (N-methyl/N-ethyl adjacent to an activating group) is 1. The number of aromatic nitrogens is 1. The van der Waals surface area contributed by atoms with Gasteiger partial charge in [-0.05, 0) is 62.6 Å². The minimum atomic E-state index is 0.336. The van der Waals surface area contributed by atoms with E-state index in [0.29, 0.717) is 6.04 Å². The maximum absolute atomic E-state index is 4.45. The summed E-state index contributed by atoms with van der Waals surface area (Å²) in [6.45, 7) is 6.30. The molecule has 2 nitrogen and oxygen atoms in total. The summed E-state index contributed by atoms with van der Waals surface area (Å²) in [7, 11) is 2.02. The molecule has 0 aliphatic rings. The van der Waals surface area contributed by atoms with Gasteiger partial charge in [-0.1, -0.05) is 31.2 Å². The molecular formula is C18H24N2. The van der Waals surface area contributed by atoms with Gasteiger partial charge in [0.1, 0.15) is 0 Å².